The summed E-state index contributed by atoms with van der Waals surface area (Å²) >= 11 is 0. The first kappa shape index (κ1) is 17.4. The molecule has 0 spiro atoms. The molecule has 0 atom stereocenters. The van der Waals surface area contributed by atoms with Gasteiger partial charge in [0.2, 0.25) is 11.1 Å². The third-order valence-corrected chi connectivity index (χ3v) is 4.49. The van der Waals surface area contributed by atoms with E-state index in [2.05, 4.69) is 5.10 Å². The number of nitrogens with zero attached hydrogens (tertiary/aromatic N) is 3. The lowest BCUT2D eigenvalue weighted by Crippen LogP contribution is -2.17. The van der Waals surface area contributed by atoms with Gasteiger partial charge in [-0.25, -0.2) is 9.48 Å². The summed E-state index contributed by atoms with van der Waals surface area (Å²) in [5.41, 5.74) is 1.67. The molecule has 1 aromatic heterocycles. The van der Waals surface area contributed by atoms with Crippen molar-refractivity contribution in [1.82, 2.24) is 9.78 Å². The highest BCUT2D eigenvalue weighted by molar-refractivity contribution is 6.17. The molecule has 0 radical (unpaired) electrons. The Morgan fingerprint density at radius 2 is 1.71 bits per heavy atom. The summed E-state index contributed by atoms with van der Waals surface area (Å²) in [6.45, 7) is 1.92. The van der Waals surface area contributed by atoms with Crippen molar-refractivity contribution in [2.75, 3.05) is 6.61 Å². The molecule has 0 aliphatic heterocycles. The van der Waals surface area contributed by atoms with Gasteiger partial charge in [-0.1, -0.05) is 48.5 Å². The third kappa shape index (κ3) is 2.61. The van der Waals surface area contributed by atoms with Crippen LogP contribution in [-0.4, -0.2) is 22.4 Å². The smallest absolute Gasteiger partial charge is 0.340 e. The zero-order valence-electron chi connectivity index (χ0n) is 15.0. The van der Waals surface area contributed by atoms with Gasteiger partial charge in [-0.3, -0.25) is 4.79 Å². The van der Waals surface area contributed by atoms with E-state index in [1.807, 2.05) is 30.3 Å². The lowest BCUT2D eigenvalue weighted by Gasteiger charge is -2.10. The second kappa shape index (κ2) is 6.97. The van der Waals surface area contributed by atoms with Crippen molar-refractivity contribution in [2.45, 2.75) is 6.92 Å². The van der Waals surface area contributed by atoms with Crippen LogP contribution in [0.1, 0.15) is 23.0 Å². The first-order valence-electron chi connectivity index (χ1n) is 8.77. The normalized spacial score (nSPS) is 10.7. The highest BCUT2D eigenvalue weighted by Crippen LogP contribution is 2.38. The number of aromatic nitrogens is 2. The predicted octanol–water partition coefficient (Wildman–Crippen LogP) is 3.54. The molecule has 0 saturated heterocycles. The van der Waals surface area contributed by atoms with Gasteiger partial charge < -0.3 is 4.74 Å². The number of carbonyl (C=O) groups is 1. The zero-order chi connectivity index (χ0) is 19.7. The van der Waals surface area contributed by atoms with Gasteiger partial charge in [0.1, 0.15) is 6.07 Å². The number of hydrogen-bond acceptors (Lipinski definition) is 5. The lowest BCUT2D eigenvalue weighted by molar-refractivity contribution is 0.0529. The molecule has 2 aliphatic rings. The zero-order valence-corrected chi connectivity index (χ0v) is 15.0. The molecular weight excluding hydrogens is 354 g/mol. The van der Waals surface area contributed by atoms with E-state index >= 15 is 0 Å². The Morgan fingerprint density at radius 3 is 2.36 bits per heavy atom. The molecule has 136 valence electrons. The van der Waals surface area contributed by atoms with Crippen molar-refractivity contribution in [3.8, 4) is 22.9 Å². The van der Waals surface area contributed by atoms with Crippen molar-refractivity contribution in [3.63, 3.8) is 0 Å². The van der Waals surface area contributed by atoms with Crippen LogP contribution in [0.25, 0.3) is 27.7 Å². The van der Waals surface area contributed by atoms with Crippen LogP contribution in [0.5, 0.6) is 0 Å². The summed E-state index contributed by atoms with van der Waals surface area (Å²) in [5.74, 6) is -0.538. The standard InChI is InChI=1S/C22H15N3O3/c1-2-28-22(27)19-16-12-8-4-7-11-15(16)18-20(19)25(14-9-5-3-6-10-14)24-17(13-23)21(18)26/h3-12H,2H2,1H3. The maximum Gasteiger partial charge on any atom is 0.340 e. The minimum atomic E-state index is -0.538. The van der Waals surface area contributed by atoms with Crippen molar-refractivity contribution >= 4 is 16.9 Å². The van der Waals surface area contributed by atoms with Crippen LogP contribution in [0.15, 0.2) is 65.5 Å². The number of hydrogen-bond donors (Lipinski definition) is 0. The van der Waals surface area contributed by atoms with Gasteiger partial charge in [-0.2, -0.15) is 10.4 Å². The fourth-order valence-electron chi connectivity index (χ4n) is 3.36. The summed E-state index contributed by atoms with van der Waals surface area (Å²) in [6.07, 6.45) is 0. The molecule has 0 unspecified atom stereocenters. The van der Waals surface area contributed by atoms with Gasteiger partial charge in [0, 0.05) is 0 Å². The van der Waals surface area contributed by atoms with Crippen LogP contribution >= 0.6 is 0 Å². The van der Waals surface area contributed by atoms with Gasteiger partial charge in [-0.05, 0) is 30.2 Å². The highest BCUT2D eigenvalue weighted by atomic mass is 16.5. The molecule has 2 aromatic rings. The van der Waals surface area contributed by atoms with Crippen molar-refractivity contribution in [3.05, 3.63) is 82.1 Å². The maximum atomic E-state index is 13.0. The van der Waals surface area contributed by atoms with Crippen LogP contribution < -0.4 is 5.43 Å². The largest absolute Gasteiger partial charge is 0.462 e. The molecule has 0 saturated carbocycles. The highest BCUT2D eigenvalue weighted by Gasteiger charge is 2.29. The molecule has 4 rings (SSSR count). The van der Waals surface area contributed by atoms with E-state index in [1.165, 1.54) is 4.68 Å². The Bertz CT molecular complexity index is 1270. The fraction of sp³-hybridized carbons (Fsp3) is 0.0909. The van der Waals surface area contributed by atoms with Crippen LogP contribution in [0.3, 0.4) is 0 Å². The predicted molar refractivity (Wildman–Crippen MR) is 105 cm³/mol. The number of ether oxygens (including phenoxy) is 1. The Labute approximate surface area is 160 Å². The van der Waals surface area contributed by atoms with Crippen molar-refractivity contribution in [1.29, 1.82) is 5.26 Å². The van der Waals surface area contributed by atoms with E-state index < -0.39 is 11.4 Å². The summed E-state index contributed by atoms with van der Waals surface area (Å²) in [5, 5.41) is 14.0. The fourth-order valence-corrected chi connectivity index (χ4v) is 3.36. The molecule has 6 heteroatoms. The molecule has 0 bridgehead atoms. The van der Waals surface area contributed by atoms with Gasteiger partial charge >= 0.3 is 5.97 Å². The minimum Gasteiger partial charge on any atom is -0.462 e. The topological polar surface area (TPSA) is 85.0 Å². The molecule has 0 fully saturated rings. The second-order valence-electron chi connectivity index (χ2n) is 6.09. The van der Waals surface area contributed by atoms with E-state index in [9.17, 15) is 14.9 Å². The summed E-state index contributed by atoms with van der Waals surface area (Å²) in [6, 6.07) is 19.9. The Balaban J connectivity index is 2.27. The SMILES string of the molecule is CCOC(=O)c1c2cccccc-2c2c(=O)c(C#N)nn(-c3ccccc3)c12. The quantitative estimate of drug-likeness (QED) is 0.516. The summed E-state index contributed by atoms with van der Waals surface area (Å²) in [4.78, 5) is 25.9. The number of carbonyl (C=O) groups excluding carboxylic acids is 1. The van der Waals surface area contributed by atoms with Crippen LogP contribution in [0.4, 0.5) is 0 Å². The lowest BCUT2D eigenvalue weighted by atomic mass is 10.1. The Kier molecular flexibility index (Phi) is 4.34. The number of nitriles is 1. The molecular formula is C22H15N3O3. The molecule has 28 heavy (non-hydrogen) atoms. The van der Waals surface area contributed by atoms with E-state index in [4.69, 9.17) is 4.74 Å². The number of esters is 1. The number of para-hydroxylation sites is 1. The van der Waals surface area contributed by atoms with Crippen LogP contribution in [-0.2, 0) is 4.74 Å². The Morgan fingerprint density at radius 1 is 1.07 bits per heavy atom. The van der Waals surface area contributed by atoms with Gasteiger partial charge in [0.15, 0.2) is 0 Å². The average molecular weight is 369 g/mol. The monoisotopic (exact) mass is 369 g/mol. The van der Waals surface area contributed by atoms with Gasteiger partial charge in [0.25, 0.3) is 0 Å². The number of benzene rings is 1. The number of rotatable bonds is 3. The maximum absolute atomic E-state index is 13.0. The molecule has 1 heterocycles. The van der Waals surface area contributed by atoms with Crippen LogP contribution in [0.2, 0.25) is 0 Å². The molecule has 2 aliphatic carbocycles. The summed E-state index contributed by atoms with van der Waals surface area (Å²) in [7, 11) is 0. The first-order chi connectivity index (χ1) is 13.7. The second-order valence-corrected chi connectivity index (χ2v) is 6.09. The minimum absolute atomic E-state index is 0.200. The van der Waals surface area contributed by atoms with Crippen molar-refractivity contribution < 1.29 is 9.53 Å². The molecule has 0 amide bonds. The molecule has 6 nitrogen and oxygen atoms in total. The van der Waals surface area contributed by atoms with Gasteiger partial charge in [-0.15, -0.1) is 0 Å². The summed E-state index contributed by atoms with van der Waals surface area (Å²) < 4.78 is 6.75. The third-order valence-electron chi connectivity index (χ3n) is 4.49. The molecule has 1 aromatic carbocycles. The molecule has 0 N–H and O–H groups in total. The van der Waals surface area contributed by atoms with E-state index in [1.54, 1.807) is 43.3 Å². The van der Waals surface area contributed by atoms with Crippen molar-refractivity contribution in [2.24, 2.45) is 0 Å². The van der Waals surface area contributed by atoms with Gasteiger partial charge in [0.05, 0.1) is 28.8 Å². The first-order valence-corrected chi connectivity index (χ1v) is 8.77. The van der Waals surface area contributed by atoms with E-state index in [0.717, 1.165) is 0 Å². The Hall–Kier alpha value is -3.98. The average Bonchev–Trinajstić information content (AvgIpc) is 2.85. The number of fused-ring (bicyclic) bond motifs is 3. The van der Waals surface area contributed by atoms with E-state index in [0.29, 0.717) is 22.3 Å². The van der Waals surface area contributed by atoms with E-state index in [-0.39, 0.29) is 23.3 Å². The van der Waals surface area contributed by atoms with Crippen LogP contribution in [0, 0.1) is 11.3 Å².